The minimum atomic E-state index is 0.683. The molecule has 0 atom stereocenters. The van der Waals surface area contributed by atoms with Crippen molar-refractivity contribution in [2.45, 2.75) is 13.3 Å². The number of hydrogen-bond donors (Lipinski definition) is 1. The summed E-state index contributed by atoms with van der Waals surface area (Å²) in [5.41, 5.74) is 10.4. The van der Waals surface area contributed by atoms with Crippen molar-refractivity contribution in [2.24, 2.45) is 5.73 Å². The maximum atomic E-state index is 5.62. The van der Waals surface area contributed by atoms with Crippen molar-refractivity contribution in [1.29, 1.82) is 0 Å². The Morgan fingerprint density at radius 1 is 1.16 bits per heavy atom. The zero-order chi connectivity index (χ0) is 13.2. The van der Waals surface area contributed by atoms with Gasteiger partial charge in [-0.1, -0.05) is 30.3 Å². The van der Waals surface area contributed by atoms with Crippen LogP contribution in [0.15, 0.2) is 42.5 Å². The van der Waals surface area contributed by atoms with Crippen LogP contribution in [0.1, 0.15) is 11.1 Å². The molecule has 0 aliphatic heterocycles. The minimum absolute atomic E-state index is 0.683. The molecule has 0 aliphatic rings. The normalized spacial score (nSPS) is 11.1. The highest BCUT2D eigenvalue weighted by atomic mass is 32.1. The van der Waals surface area contributed by atoms with Crippen molar-refractivity contribution in [1.82, 2.24) is 4.98 Å². The molecule has 0 bridgehead atoms. The van der Waals surface area contributed by atoms with Crippen LogP contribution in [0, 0.1) is 6.92 Å². The van der Waals surface area contributed by atoms with Crippen molar-refractivity contribution in [3.05, 3.63) is 53.6 Å². The molecule has 1 heterocycles. The van der Waals surface area contributed by atoms with Gasteiger partial charge in [0.15, 0.2) is 0 Å². The molecule has 0 saturated heterocycles. The number of benzene rings is 2. The van der Waals surface area contributed by atoms with E-state index in [-0.39, 0.29) is 0 Å². The van der Waals surface area contributed by atoms with Crippen molar-refractivity contribution < 1.29 is 0 Å². The molecule has 0 saturated carbocycles. The number of para-hydroxylation sites is 1. The van der Waals surface area contributed by atoms with E-state index in [9.17, 15) is 0 Å². The number of hydrogen-bond acceptors (Lipinski definition) is 3. The lowest BCUT2D eigenvalue weighted by Gasteiger charge is -2.01. The van der Waals surface area contributed by atoms with Gasteiger partial charge in [-0.25, -0.2) is 4.98 Å². The van der Waals surface area contributed by atoms with Gasteiger partial charge in [0.2, 0.25) is 0 Å². The summed E-state index contributed by atoms with van der Waals surface area (Å²) >= 11 is 1.75. The summed E-state index contributed by atoms with van der Waals surface area (Å²) < 4.78 is 1.25. The Hall–Kier alpha value is -1.71. The summed E-state index contributed by atoms with van der Waals surface area (Å²) in [5, 5.41) is 1.09. The Morgan fingerprint density at radius 3 is 2.79 bits per heavy atom. The van der Waals surface area contributed by atoms with Gasteiger partial charge in [0.05, 0.1) is 10.2 Å². The zero-order valence-corrected chi connectivity index (χ0v) is 11.7. The Balaban J connectivity index is 2.08. The van der Waals surface area contributed by atoms with Crippen molar-refractivity contribution >= 4 is 21.6 Å². The van der Waals surface area contributed by atoms with Gasteiger partial charge < -0.3 is 5.73 Å². The highest BCUT2D eigenvalue weighted by molar-refractivity contribution is 7.21. The summed E-state index contributed by atoms with van der Waals surface area (Å²) in [6.45, 7) is 2.79. The number of aryl methyl sites for hydroxylation is 1. The van der Waals surface area contributed by atoms with Crippen molar-refractivity contribution in [3.63, 3.8) is 0 Å². The van der Waals surface area contributed by atoms with Gasteiger partial charge >= 0.3 is 0 Å². The largest absolute Gasteiger partial charge is 0.330 e. The van der Waals surface area contributed by atoms with Gasteiger partial charge in [0.1, 0.15) is 5.01 Å². The molecule has 2 N–H and O–H groups in total. The monoisotopic (exact) mass is 268 g/mol. The van der Waals surface area contributed by atoms with Crippen LogP contribution >= 0.6 is 11.3 Å². The zero-order valence-electron chi connectivity index (χ0n) is 10.9. The van der Waals surface area contributed by atoms with Crippen LogP contribution < -0.4 is 5.73 Å². The highest BCUT2D eigenvalue weighted by Gasteiger charge is 2.08. The first-order valence-electron chi connectivity index (χ1n) is 6.43. The van der Waals surface area contributed by atoms with Crippen LogP contribution in [0.4, 0.5) is 0 Å². The molecular formula is C16H16N2S. The van der Waals surface area contributed by atoms with Gasteiger partial charge in [0.25, 0.3) is 0 Å². The van der Waals surface area contributed by atoms with Gasteiger partial charge in [-0.05, 0) is 43.1 Å². The maximum Gasteiger partial charge on any atom is 0.124 e. The molecule has 19 heavy (non-hydrogen) atoms. The molecule has 3 aromatic rings. The molecule has 1 aromatic heterocycles. The number of fused-ring (bicyclic) bond motifs is 1. The first kappa shape index (κ1) is 12.3. The summed E-state index contributed by atoms with van der Waals surface area (Å²) in [5.74, 6) is 0. The number of nitrogens with two attached hydrogens (primary N) is 1. The van der Waals surface area contributed by atoms with Crippen LogP contribution in [0.5, 0.6) is 0 Å². The third kappa shape index (κ3) is 2.39. The molecule has 3 heteroatoms. The Morgan fingerprint density at radius 2 is 2.00 bits per heavy atom. The minimum Gasteiger partial charge on any atom is -0.330 e. The van der Waals surface area contributed by atoms with E-state index >= 15 is 0 Å². The molecule has 2 nitrogen and oxygen atoms in total. The van der Waals surface area contributed by atoms with Gasteiger partial charge in [-0.15, -0.1) is 11.3 Å². The molecule has 0 spiro atoms. The lowest BCUT2D eigenvalue weighted by molar-refractivity contribution is 0.969. The quantitative estimate of drug-likeness (QED) is 0.785. The van der Waals surface area contributed by atoms with E-state index in [1.165, 1.54) is 21.4 Å². The second-order valence-corrected chi connectivity index (χ2v) is 5.71. The van der Waals surface area contributed by atoms with Crippen molar-refractivity contribution in [3.8, 4) is 10.6 Å². The average Bonchev–Trinajstić information content (AvgIpc) is 2.85. The summed E-state index contributed by atoms with van der Waals surface area (Å²) in [6.07, 6.45) is 0.914. The summed E-state index contributed by atoms with van der Waals surface area (Å²) in [6, 6.07) is 14.8. The predicted molar refractivity (Wildman–Crippen MR) is 82.6 cm³/mol. The van der Waals surface area contributed by atoms with E-state index in [4.69, 9.17) is 10.7 Å². The van der Waals surface area contributed by atoms with Crippen molar-refractivity contribution in [2.75, 3.05) is 6.54 Å². The average molecular weight is 268 g/mol. The fourth-order valence-electron chi connectivity index (χ4n) is 2.24. The van der Waals surface area contributed by atoms with E-state index in [0.717, 1.165) is 16.9 Å². The SMILES string of the molecule is Cc1cccc2sc(-c3cccc(CCN)c3)nc12. The van der Waals surface area contributed by atoms with Gasteiger partial charge in [-0.2, -0.15) is 0 Å². The first-order chi connectivity index (χ1) is 9.28. The highest BCUT2D eigenvalue weighted by Crippen LogP contribution is 2.31. The Bertz CT molecular complexity index is 716. The molecule has 0 aliphatic carbocycles. The summed E-state index contributed by atoms with van der Waals surface area (Å²) in [4.78, 5) is 4.77. The van der Waals surface area contributed by atoms with Gasteiger partial charge in [0, 0.05) is 5.56 Å². The van der Waals surface area contributed by atoms with E-state index in [1.807, 2.05) is 0 Å². The van der Waals surface area contributed by atoms with E-state index in [1.54, 1.807) is 11.3 Å². The molecule has 3 rings (SSSR count). The second-order valence-electron chi connectivity index (χ2n) is 4.68. The number of rotatable bonds is 3. The van der Waals surface area contributed by atoms with Crippen LogP contribution in [0.25, 0.3) is 20.8 Å². The molecule has 2 aromatic carbocycles. The van der Waals surface area contributed by atoms with E-state index < -0.39 is 0 Å². The molecule has 0 amide bonds. The number of thiazole rings is 1. The maximum absolute atomic E-state index is 5.62. The van der Waals surface area contributed by atoms with Crippen LogP contribution in [0.3, 0.4) is 0 Å². The van der Waals surface area contributed by atoms with E-state index in [0.29, 0.717) is 6.54 Å². The third-order valence-corrected chi connectivity index (χ3v) is 4.30. The Kier molecular flexibility index (Phi) is 3.32. The van der Waals surface area contributed by atoms with Gasteiger partial charge in [-0.3, -0.25) is 0 Å². The lowest BCUT2D eigenvalue weighted by atomic mass is 10.1. The van der Waals surface area contributed by atoms with Crippen LogP contribution in [0.2, 0.25) is 0 Å². The fourth-order valence-corrected chi connectivity index (χ4v) is 3.28. The standard InChI is InChI=1S/C16H16N2S/c1-11-4-2-7-14-15(11)18-16(19-14)13-6-3-5-12(10-13)8-9-17/h2-7,10H,8-9,17H2,1H3. The molecule has 0 radical (unpaired) electrons. The van der Waals surface area contributed by atoms with E-state index in [2.05, 4.69) is 49.4 Å². The number of aromatic nitrogens is 1. The molecule has 96 valence electrons. The Labute approximate surface area is 116 Å². The predicted octanol–water partition coefficient (Wildman–Crippen LogP) is 3.77. The second kappa shape index (κ2) is 5.11. The summed E-state index contributed by atoms with van der Waals surface area (Å²) in [7, 11) is 0. The molecular weight excluding hydrogens is 252 g/mol. The smallest absolute Gasteiger partial charge is 0.124 e. The topological polar surface area (TPSA) is 38.9 Å². The van der Waals surface area contributed by atoms with Crippen LogP contribution in [-0.2, 0) is 6.42 Å². The van der Waals surface area contributed by atoms with Crippen LogP contribution in [-0.4, -0.2) is 11.5 Å². The third-order valence-electron chi connectivity index (χ3n) is 3.23. The first-order valence-corrected chi connectivity index (χ1v) is 7.25. The molecule has 0 unspecified atom stereocenters. The molecule has 0 fully saturated rings. The lowest BCUT2D eigenvalue weighted by Crippen LogP contribution is -2.02. The number of nitrogens with zero attached hydrogens (tertiary/aromatic N) is 1. The fraction of sp³-hybridized carbons (Fsp3) is 0.188.